The second-order valence-corrected chi connectivity index (χ2v) is 8.74. The van der Waals surface area contributed by atoms with Crippen LogP contribution in [0.2, 0.25) is 0 Å². The first kappa shape index (κ1) is 23.0. The van der Waals surface area contributed by atoms with E-state index in [9.17, 15) is 0 Å². The molecule has 5 N–H and O–H groups in total. The summed E-state index contributed by atoms with van der Waals surface area (Å²) in [7, 11) is 0. The Morgan fingerprint density at radius 2 is 1.90 bits per heavy atom. The molecule has 1 aliphatic rings. The Morgan fingerprint density at radius 1 is 1.19 bits per heavy atom. The van der Waals surface area contributed by atoms with Gasteiger partial charge >= 0.3 is 0 Å². The number of rotatable bonds is 7. The molecule has 0 atom stereocenters. The van der Waals surface area contributed by atoms with Crippen LogP contribution in [0, 0.1) is 25.6 Å². The van der Waals surface area contributed by atoms with Crippen LogP contribution in [0.3, 0.4) is 0 Å². The smallest absolute Gasteiger partial charge is 0.157 e. The Balaban J connectivity index is 1.80. The highest BCUT2D eigenvalue weighted by Gasteiger charge is 2.24. The van der Waals surface area contributed by atoms with Crippen molar-refractivity contribution < 1.29 is 4.39 Å². The van der Waals surface area contributed by atoms with E-state index < -0.39 is 0 Å². The molecule has 1 aromatic carbocycles. The molecule has 1 aliphatic heterocycles. The largest absolute Gasteiger partial charge is 0.382 e. The molecule has 0 bridgehead atoms. The van der Waals surface area contributed by atoms with E-state index in [1.54, 1.807) is 6.07 Å². The van der Waals surface area contributed by atoms with Crippen molar-refractivity contribution in [2.24, 2.45) is 22.6 Å². The third-order valence-electron chi connectivity index (χ3n) is 5.62. The van der Waals surface area contributed by atoms with E-state index in [4.69, 9.17) is 11.6 Å². The lowest BCUT2D eigenvalue weighted by atomic mass is 9.98. The number of nitrogens with zero attached hydrogens (tertiary/aromatic N) is 4. The minimum atomic E-state index is -0.369. The number of anilines is 1. The summed E-state index contributed by atoms with van der Waals surface area (Å²) in [6, 6.07) is 5.76. The molecular formula is C23H34FN7. The van der Waals surface area contributed by atoms with Gasteiger partial charge in [-0.15, -0.1) is 5.10 Å². The molecule has 0 radical (unpaired) electrons. The maximum absolute atomic E-state index is 15.1. The van der Waals surface area contributed by atoms with Gasteiger partial charge < -0.3 is 10.6 Å². The summed E-state index contributed by atoms with van der Waals surface area (Å²) in [5.74, 6) is 5.40. The number of benzene rings is 1. The summed E-state index contributed by atoms with van der Waals surface area (Å²) in [4.78, 5) is 9.17. The second kappa shape index (κ2) is 10.1. The minimum absolute atomic E-state index is 0.0491. The van der Waals surface area contributed by atoms with Gasteiger partial charge in [-0.25, -0.2) is 15.8 Å². The molecule has 0 spiro atoms. The summed E-state index contributed by atoms with van der Waals surface area (Å²) in [5, 5.41) is 3.83. The zero-order chi connectivity index (χ0) is 22.5. The Kier molecular flexibility index (Phi) is 7.46. The lowest BCUT2D eigenvalue weighted by Gasteiger charge is -2.37. The van der Waals surface area contributed by atoms with E-state index in [1.807, 2.05) is 12.3 Å². The van der Waals surface area contributed by atoms with Gasteiger partial charge in [0.05, 0.1) is 16.9 Å². The average Bonchev–Trinajstić information content (AvgIpc) is 2.70. The summed E-state index contributed by atoms with van der Waals surface area (Å²) in [6.07, 6.45) is 2.72. The van der Waals surface area contributed by atoms with Crippen molar-refractivity contribution in [1.29, 1.82) is 0 Å². The summed E-state index contributed by atoms with van der Waals surface area (Å²) in [5.41, 5.74) is 13.8. The Morgan fingerprint density at radius 3 is 2.52 bits per heavy atom. The molecule has 2 heterocycles. The van der Waals surface area contributed by atoms with Gasteiger partial charge in [-0.2, -0.15) is 0 Å². The first-order chi connectivity index (χ1) is 14.8. The summed E-state index contributed by atoms with van der Waals surface area (Å²) in [6.45, 7) is 12.5. The number of nitrogens with one attached hydrogen (secondary N) is 1. The van der Waals surface area contributed by atoms with Gasteiger partial charge in [-0.05, 0) is 55.0 Å². The SMILES string of the molecule is Cc1cnc(CN2CCN(c3cc(CC(C)C)cc(F)c3/C(N)=N/NN)CC2)c(C)c1. The van der Waals surface area contributed by atoms with Gasteiger partial charge in [0.25, 0.3) is 0 Å². The highest BCUT2D eigenvalue weighted by Crippen LogP contribution is 2.28. The Labute approximate surface area is 184 Å². The quantitative estimate of drug-likeness (QED) is 0.272. The molecular weight excluding hydrogens is 393 g/mol. The highest BCUT2D eigenvalue weighted by molar-refractivity contribution is 6.02. The van der Waals surface area contributed by atoms with Crippen LogP contribution in [-0.4, -0.2) is 41.9 Å². The zero-order valence-corrected chi connectivity index (χ0v) is 19.0. The topological polar surface area (TPSA) is 95.8 Å². The lowest BCUT2D eigenvalue weighted by molar-refractivity contribution is 0.246. The highest BCUT2D eigenvalue weighted by atomic mass is 19.1. The maximum Gasteiger partial charge on any atom is 0.157 e. The van der Waals surface area contributed by atoms with Crippen LogP contribution in [0.1, 0.15) is 41.8 Å². The van der Waals surface area contributed by atoms with Gasteiger partial charge in [0.2, 0.25) is 0 Å². The van der Waals surface area contributed by atoms with Crippen molar-refractivity contribution in [1.82, 2.24) is 15.4 Å². The van der Waals surface area contributed by atoms with Crippen molar-refractivity contribution in [2.75, 3.05) is 31.1 Å². The number of halogens is 1. The lowest BCUT2D eigenvalue weighted by Crippen LogP contribution is -2.47. The zero-order valence-electron chi connectivity index (χ0n) is 19.0. The van der Waals surface area contributed by atoms with Gasteiger partial charge in [0.1, 0.15) is 5.82 Å². The number of hydrazine groups is 1. The number of hydrazone groups is 1. The number of aryl methyl sites for hydroxylation is 2. The number of hydrogen-bond acceptors (Lipinski definition) is 6. The summed E-state index contributed by atoms with van der Waals surface area (Å²) >= 11 is 0. The standard InChI is InChI=1S/C23H34FN7/c1-15(2)9-18-11-19(24)22(23(25)28-29-26)21(12-18)31-7-5-30(6-8-31)14-20-17(4)10-16(3)13-27-20/h10-13,15,29H,5-9,14,26H2,1-4H3,(H2,25,28). The molecule has 1 saturated heterocycles. The van der Waals surface area contributed by atoms with E-state index in [2.05, 4.69) is 59.2 Å². The predicted molar refractivity (Wildman–Crippen MR) is 124 cm³/mol. The second-order valence-electron chi connectivity index (χ2n) is 8.74. The first-order valence-electron chi connectivity index (χ1n) is 10.8. The van der Waals surface area contributed by atoms with Crippen molar-refractivity contribution in [2.45, 2.75) is 40.7 Å². The van der Waals surface area contributed by atoms with E-state index in [0.717, 1.165) is 56.1 Å². The van der Waals surface area contributed by atoms with E-state index in [1.165, 1.54) is 11.1 Å². The molecule has 0 amide bonds. The molecule has 0 saturated carbocycles. The molecule has 7 nitrogen and oxygen atoms in total. The van der Waals surface area contributed by atoms with Crippen LogP contribution in [0.15, 0.2) is 29.5 Å². The number of nitrogens with two attached hydrogens (primary N) is 2. The fourth-order valence-electron chi connectivity index (χ4n) is 4.13. The number of aromatic nitrogens is 1. The third-order valence-corrected chi connectivity index (χ3v) is 5.62. The van der Waals surface area contributed by atoms with Crippen LogP contribution in [0.4, 0.5) is 10.1 Å². The number of hydrogen-bond donors (Lipinski definition) is 3. The van der Waals surface area contributed by atoms with Crippen LogP contribution in [0.5, 0.6) is 0 Å². The molecule has 2 aromatic rings. The predicted octanol–water partition coefficient (Wildman–Crippen LogP) is 2.44. The minimum Gasteiger partial charge on any atom is -0.382 e. The fourth-order valence-corrected chi connectivity index (χ4v) is 4.13. The maximum atomic E-state index is 15.1. The van der Waals surface area contributed by atoms with E-state index in [-0.39, 0.29) is 11.7 Å². The fraction of sp³-hybridized carbons (Fsp3) is 0.478. The number of piperazine rings is 1. The Hall–Kier alpha value is -2.71. The van der Waals surface area contributed by atoms with Crippen LogP contribution >= 0.6 is 0 Å². The van der Waals surface area contributed by atoms with Crippen LogP contribution in [0.25, 0.3) is 0 Å². The van der Waals surface area contributed by atoms with Crippen LogP contribution < -0.4 is 22.0 Å². The molecule has 0 unspecified atom stereocenters. The molecule has 0 aliphatic carbocycles. The van der Waals surface area contributed by atoms with Crippen molar-refractivity contribution in [3.05, 3.63) is 58.2 Å². The molecule has 168 valence electrons. The first-order valence-corrected chi connectivity index (χ1v) is 10.8. The molecule has 3 rings (SSSR count). The van der Waals surface area contributed by atoms with E-state index in [0.29, 0.717) is 11.5 Å². The monoisotopic (exact) mass is 427 g/mol. The van der Waals surface area contributed by atoms with Gasteiger partial charge in [0.15, 0.2) is 5.84 Å². The molecule has 1 fully saturated rings. The van der Waals surface area contributed by atoms with E-state index >= 15 is 4.39 Å². The number of pyridine rings is 1. The van der Waals surface area contributed by atoms with Crippen molar-refractivity contribution >= 4 is 11.5 Å². The third kappa shape index (κ3) is 5.71. The molecule has 31 heavy (non-hydrogen) atoms. The van der Waals surface area contributed by atoms with Gasteiger partial charge in [-0.1, -0.05) is 19.9 Å². The van der Waals surface area contributed by atoms with Crippen LogP contribution in [-0.2, 0) is 13.0 Å². The van der Waals surface area contributed by atoms with Gasteiger partial charge in [0, 0.05) is 38.9 Å². The van der Waals surface area contributed by atoms with Crippen molar-refractivity contribution in [3.8, 4) is 0 Å². The van der Waals surface area contributed by atoms with Gasteiger partial charge in [-0.3, -0.25) is 9.88 Å². The summed E-state index contributed by atoms with van der Waals surface area (Å²) < 4.78 is 15.1. The number of amidine groups is 1. The molecule has 8 heteroatoms. The normalized spacial score (nSPS) is 15.6. The molecule has 1 aromatic heterocycles. The Bertz CT molecular complexity index is 934. The average molecular weight is 428 g/mol. The van der Waals surface area contributed by atoms with Crippen molar-refractivity contribution in [3.63, 3.8) is 0 Å².